The van der Waals surface area contributed by atoms with Crippen molar-refractivity contribution in [2.24, 2.45) is 5.73 Å². The van der Waals surface area contributed by atoms with Gasteiger partial charge in [-0.3, -0.25) is 10.1 Å². The summed E-state index contributed by atoms with van der Waals surface area (Å²) < 4.78 is 1.89. The first-order valence-corrected chi connectivity index (χ1v) is 5.80. The maximum atomic E-state index is 7.43. The van der Waals surface area contributed by atoms with Crippen LogP contribution in [0, 0.1) is 5.41 Å². The molecule has 5 nitrogen and oxygen atoms in total. The van der Waals surface area contributed by atoms with Crippen LogP contribution in [0.25, 0.3) is 0 Å². The zero-order chi connectivity index (χ0) is 13.0. The molecule has 0 radical (unpaired) electrons. The van der Waals surface area contributed by atoms with Gasteiger partial charge in [-0.25, -0.2) is 0 Å². The number of amidine groups is 1. The highest BCUT2D eigenvalue weighted by atomic mass is 15.3. The second-order valence-electron chi connectivity index (χ2n) is 4.15. The fourth-order valence-electron chi connectivity index (χ4n) is 1.73. The highest BCUT2D eigenvalue weighted by Crippen LogP contribution is 2.14. The summed E-state index contributed by atoms with van der Waals surface area (Å²) in [6.45, 7) is 1.68. The normalized spacial score (nSPS) is 10.3. The van der Waals surface area contributed by atoms with Crippen LogP contribution in [0.1, 0.15) is 5.56 Å². The molecule has 1 aromatic carbocycles. The minimum Gasteiger partial charge on any atom is -0.384 e. The Bertz CT molecular complexity index is 518. The molecule has 18 heavy (non-hydrogen) atoms. The lowest BCUT2D eigenvalue weighted by molar-refractivity contribution is 0.611. The summed E-state index contributed by atoms with van der Waals surface area (Å²) in [5.74, 6) is 0.0947. The van der Waals surface area contributed by atoms with Crippen molar-refractivity contribution < 1.29 is 0 Å². The van der Waals surface area contributed by atoms with Gasteiger partial charge in [0.1, 0.15) is 5.84 Å². The zero-order valence-corrected chi connectivity index (χ0v) is 10.4. The topological polar surface area (TPSA) is 70.9 Å². The number of nitrogen functional groups attached to an aromatic ring is 1. The van der Waals surface area contributed by atoms with E-state index in [1.165, 1.54) is 0 Å². The number of benzene rings is 1. The molecular formula is C13H17N5. The molecule has 2 rings (SSSR count). The standard InChI is InChI=1S/C13H17N5/c1-17(8-9-18-7-3-6-16-18)12-5-2-4-11(10-12)13(14)15/h2-7,10H,8-9H2,1H3,(H3,14,15). The number of hydrogen-bond donors (Lipinski definition) is 2. The van der Waals surface area contributed by atoms with E-state index in [2.05, 4.69) is 10.00 Å². The van der Waals surface area contributed by atoms with E-state index in [9.17, 15) is 0 Å². The minimum atomic E-state index is 0.0947. The molecule has 0 aliphatic rings. The van der Waals surface area contributed by atoms with Crippen molar-refractivity contribution in [3.05, 3.63) is 48.3 Å². The predicted molar refractivity (Wildman–Crippen MR) is 73.0 cm³/mol. The number of aromatic nitrogens is 2. The molecule has 0 saturated heterocycles. The quantitative estimate of drug-likeness (QED) is 0.614. The van der Waals surface area contributed by atoms with Crippen molar-refractivity contribution in [3.8, 4) is 0 Å². The molecule has 0 unspecified atom stereocenters. The molecule has 0 bridgehead atoms. The summed E-state index contributed by atoms with van der Waals surface area (Å²) in [6, 6.07) is 9.60. The second-order valence-corrected chi connectivity index (χ2v) is 4.15. The number of likely N-dealkylation sites (N-methyl/N-ethyl adjacent to an activating group) is 1. The number of nitrogens with two attached hydrogens (primary N) is 1. The average molecular weight is 243 g/mol. The Morgan fingerprint density at radius 2 is 2.28 bits per heavy atom. The van der Waals surface area contributed by atoms with Crippen LogP contribution in [0.2, 0.25) is 0 Å². The predicted octanol–water partition coefficient (Wildman–Crippen LogP) is 1.30. The number of rotatable bonds is 5. The molecule has 0 amide bonds. The first-order chi connectivity index (χ1) is 8.66. The number of anilines is 1. The van der Waals surface area contributed by atoms with Gasteiger partial charge >= 0.3 is 0 Å². The van der Waals surface area contributed by atoms with Gasteiger partial charge in [0.05, 0.1) is 6.54 Å². The Kier molecular flexibility index (Phi) is 3.62. The van der Waals surface area contributed by atoms with E-state index in [1.54, 1.807) is 6.20 Å². The van der Waals surface area contributed by atoms with Gasteiger partial charge in [-0.05, 0) is 18.2 Å². The van der Waals surface area contributed by atoms with Gasteiger partial charge in [-0.15, -0.1) is 0 Å². The van der Waals surface area contributed by atoms with E-state index in [-0.39, 0.29) is 5.84 Å². The van der Waals surface area contributed by atoms with Crippen LogP contribution in [-0.4, -0.2) is 29.2 Å². The Labute approximate surface area is 106 Å². The van der Waals surface area contributed by atoms with Crippen LogP contribution < -0.4 is 10.6 Å². The van der Waals surface area contributed by atoms with E-state index in [4.69, 9.17) is 11.1 Å². The van der Waals surface area contributed by atoms with Gasteiger partial charge in [-0.1, -0.05) is 12.1 Å². The van der Waals surface area contributed by atoms with E-state index in [0.29, 0.717) is 0 Å². The molecular weight excluding hydrogens is 226 g/mol. The molecule has 0 aliphatic heterocycles. The molecule has 2 aromatic rings. The van der Waals surface area contributed by atoms with Gasteiger partial charge < -0.3 is 10.6 Å². The first-order valence-electron chi connectivity index (χ1n) is 5.80. The fourth-order valence-corrected chi connectivity index (χ4v) is 1.73. The van der Waals surface area contributed by atoms with Crippen LogP contribution in [0.5, 0.6) is 0 Å². The molecule has 0 atom stereocenters. The van der Waals surface area contributed by atoms with Crippen molar-refractivity contribution >= 4 is 11.5 Å². The monoisotopic (exact) mass is 243 g/mol. The molecule has 0 aliphatic carbocycles. The molecule has 3 N–H and O–H groups in total. The summed E-state index contributed by atoms with van der Waals surface area (Å²) in [7, 11) is 2.02. The Balaban J connectivity index is 2.02. The van der Waals surface area contributed by atoms with Crippen molar-refractivity contribution in [2.75, 3.05) is 18.5 Å². The smallest absolute Gasteiger partial charge is 0.122 e. The fraction of sp³-hybridized carbons (Fsp3) is 0.231. The summed E-state index contributed by atoms with van der Waals surface area (Å²) in [5.41, 5.74) is 7.28. The van der Waals surface area contributed by atoms with Gasteiger partial charge in [0.2, 0.25) is 0 Å². The summed E-state index contributed by atoms with van der Waals surface area (Å²) >= 11 is 0. The Hall–Kier alpha value is -2.30. The molecule has 1 heterocycles. The third-order valence-electron chi connectivity index (χ3n) is 2.82. The highest BCUT2D eigenvalue weighted by Gasteiger charge is 2.03. The summed E-state index contributed by atoms with van der Waals surface area (Å²) in [6.07, 6.45) is 3.72. The SMILES string of the molecule is CN(CCn1cccn1)c1cccc(C(=N)N)c1. The Morgan fingerprint density at radius 3 is 2.94 bits per heavy atom. The lowest BCUT2D eigenvalue weighted by atomic mass is 10.2. The summed E-state index contributed by atoms with van der Waals surface area (Å²) in [5, 5.41) is 11.6. The lowest BCUT2D eigenvalue weighted by Crippen LogP contribution is -2.23. The van der Waals surface area contributed by atoms with Gasteiger partial charge in [0, 0.05) is 37.2 Å². The molecule has 5 heteroatoms. The molecule has 0 saturated carbocycles. The Morgan fingerprint density at radius 1 is 1.44 bits per heavy atom. The van der Waals surface area contributed by atoms with Gasteiger partial charge in [0.15, 0.2) is 0 Å². The van der Waals surface area contributed by atoms with E-state index < -0.39 is 0 Å². The largest absolute Gasteiger partial charge is 0.384 e. The lowest BCUT2D eigenvalue weighted by Gasteiger charge is -2.19. The average Bonchev–Trinajstić information content (AvgIpc) is 2.89. The maximum Gasteiger partial charge on any atom is 0.122 e. The minimum absolute atomic E-state index is 0.0947. The molecule has 0 fully saturated rings. The van der Waals surface area contributed by atoms with Gasteiger partial charge in [0.25, 0.3) is 0 Å². The second kappa shape index (κ2) is 5.35. The number of hydrogen-bond acceptors (Lipinski definition) is 3. The first kappa shape index (κ1) is 12.2. The number of nitrogens with one attached hydrogen (secondary N) is 1. The maximum absolute atomic E-state index is 7.43. The molecule has 94 valence electrons. The summed E-state index contributed by atoms with van der Waals surface area (Å²) in [4.78, 5) is 2.12. The van der Waals surface area contributed by atoms with Crippen LogP contribution in [-0.2, 0) is 6.54 Å². The zero-order valence-electron chi connectivity index (χ0n) is 10.4. The van der Waals surface area contributed by atoms with E-state index in [0.717, 1.165) is 24.3 Å². The molecule has 1 aromatic heterocycles. The van der Waals surface area contributed by atoms with Crippen molar-refractivity contribution in [1.29, 1.82) is 5.41 Å². The third kappa shape index (κ3) is 2.88. The third-order valence-corrected chi connectivity index (χ3v) is 2.82. The number of nitrogens with zero attached hydrogens (tertiary/aromatic N) is 3. The van der Waals surface area contributed by atoms with E-state index in [1.807, 2.05) is 48.3 Å². The van der Waals surface area contributed by atoms with Crippen molar-refractivity contribution in [3.63, 3.8) is 0 Å². The van der Waals surface area contributed by atoms with Crippen molar-refractivity contribution in [2.45, 2.75) is 6.54 Å². The van der Waals surface area contributed by atoms with Gasteiger partial charge in [-0.2, -0.15) is 5.10 Å². The van der Waals surface area contributed by atoms with Crippen molar-refractivity contribution in [1.82, 2.24) is 9.78 Å². The van der Waals surface area contributed by atoms with Crippen LogP contribution >= 0.6 is 0 Å². The van der Waals surface area contributed by atoms with Crippen LogP contribution in [0.3, 0.4) is 0 Å². The van der Waals surface area contributed by atoms with Crippen LogP contribution in [0.4, 0.5) is 5.69 Å². The van der Waals surface area contributed by atoms with Crippen LogP contribution in [0.15, 0.2) is 42.7 Å². The molecule has 0 spiro atoms. The van der Waals surface area contributed by atoms with E-state index >= 15 is 0 Å². The highest BCUT2D eigenvalue weighted by molar-refractivity contribution is 5.95.